The first-order valence-corrected chi connectivity index (χ1v) is 6.92. The van der Waals surface area contributed by atoms with Gasteiger partial charge in [0.1, 0.15) is 5.01 Å². The summed E-state index contributed by atoms with van der Waals surface area (Å²) in [5.74, 6) is -0.679. The van der Waals surface area contributed by atoms with Crippen molar-refractivity contribution in [1.29, 1.82) is 0 Å². The van der Waals surface area contributed by atoms with E-state index in [1.165, 1.54) is 11.3 Å². The molecule has 20 heavy (non-hydrogen) atoms. The van der Waals surface area contributed by atoms with E-state index in [2.05, 4.69) is 15.3 Å². The van der Waals surface area contributed by atoms with Crippen molar-refractivity contribution in [2.45, 2.75) is 18.8 Å². The molecule has 1 aliphatic rings. The van der Waals surface area contributed by atoms with Gasteiger partial charge in [0.05, 0.1) is 0 Å². The van der Waals surface area contributed by atoms with Crippen LogP contribution < -0.4 is 5.73 Å². The van der Waals surface area contributed by atoms with E-state index in [-0.39, 0.29) is 5.69 Å². The summed E-state index contributed by atoms with van der Waals surface area (Å²) in [5, 5.41) is 13.0. The number of anilines is 1. The maximum Gasteiger partial charge on any atom is 0.234 e. The van der Waals surface area contributed by atoms with Gasteiger partial charge in [-0.25, -0.2) is 8.78 Å². The zero-order valence-electron chi connectivity index (χ0n) is 10.2. The third kappa shape index (κ3) is 1.68. The maximum absolute atomic E-state index is 13.4. The lowest BCUT2D eigenvalue weighted by atomic mass is 10.2. The van der Waals surface area contributed by atoms with Gasteiger partial charge in [-0.05, 0) is 18.9 Å². The van der Waals surface area contributed by atoms with Gasteiger partial charge in [-0.1, -0.05) is 11.3 Å². The monoisotopic (exact) mass is 293 g/mol. The summed E-state index contributed by atoms with van der Waals surface area (Å²) in [6.45, 7) is 0. The van der Waals surface area contributed by atoms with Crippen LogP contribution in [0.4, 0.5) is 14.5 Å². The SMILES string of the molecule is Nc1cc(F)c(F)cc1-c1nn2c(C3CC3)nnc2s1. The summed E-state index contributed by atoms with van der Waals surface area (Å²) < 4.78 is 28.1. The number of nitrogen functional groups attached to an aromatic ring is 1. The molecule has 2 heterocycles. The van der Waals surface area contributed by atoms with Crippen LogP contribution in [0.25, 0.3) is 15.5 Å². The van der Waals surface area contributed by atoms with E-state index in [0.29, 0.717) is 21.4 Å². The first kappa shape index (κ1) is 11.7. The minimum atomic E-state index is -0.965. The molecule has 1 aromatic carbocycles. The van der Waals surface area contributed by atoms with Crippen LogP contribution >= 0.6 is 11.3 Å². The van der Waals surface area contributed by atoms with Gasteiger partial charge in [-0.3, -0.25) is 0 Å². The van der Waals surface area contributed by atoms with Crippen LogP contribution in [0.1, 0.15) is 24.6 Å². The van der Waals surface area contributed by atoms with Crippen molar-refractivity contribution in [2.75, 3.05) is 5.73 Å². The van der Waals surface area contributed by atoms with Gasteiger partial charge in [0, 0.05) is 23.2 Å². The summed E-state index contributed by atoms with van der Waals surface area (Å²) in [7, 11) is 0. The summed E-state index contributed by atoms with van der Waals surface area (Å²) >= 11 is 1.25. The van der Waals surface area contributed by atoms with Crippen molar-refractivity contribution in [2.24, 2.45) is 0 Å². The lowest BCUT2D eigenvalue weighted by Crippen LogP contribution is -1.97. The molecule has 0 atom stereocenters. The molecule has 3 aromatic rings. The van der Waals surface area contributed by atoms with E-state index < -0.39 is 11.6 Å². The molecule has 1 saturated carbocycles. The smallest absolute Gasteiger partial charge is 0.234 e. The molecule has 0 radical (unpaired) electrons. The van der Waals surface area contributed by atoms with Crippen LogP contribution in [0.5, 0.6) is 0 Å². The summed E-state index contributed by atoms with van der Waals surface area (Å²) in [5.41, 5.74) is 6.27. The Morgan fingerprint density at radius 1 is 1.20 bits per heavy atom. The lowest BCUT2D eigenvalue weighted by molar-refractivity contribution is 0.509. The van der Waals surface area contributed by atoms with E-state index in [9.17, 15) is 8.78 Å². The van der Waals surface area contributed by atoms with Crippen LogP contribution in [0, 0.1) is 11.6 Å². The van der Waals surface area contributed by atoms with Crippen molar-refractivity contribution < 1.29 is 8.78 Å². The van der Waals surface area contributed by atoms with Crippen LogP contribution in [-0.4, -0.2) is 19.8 Å². The second kappa shape index (κ2) is 3.95. The van der Waals surface area contributed by atoms with Gasteiger partial charge in [0.15, 0.2) is 17.5 Å². The number of fused-ring (bicyclic) bond motifs is 1. The van der Waals surface area contributed by atoms with Gasteiger partial charge in [-0.15, -0.1) is 10.2 Å². The third-order valence-electron chi connectivity index (χ3n) is 3.28. The number of nitrogens with zero attached hydrogens (tertiary/aromatic N) is 4. The number of hydrogen-bond acceptors (Lipinski definition) is 5. The zero-order chi connectivity index (χ0) is 13.9. The standard InChI is InChI=1S/C12H9F2N5S/c13-7-3-6(9(15)4-8(7)14)11-18-19-10(5-1-2-5)16-17-12(19)20-11/h3-5H,1-2,15H2. The number of nitrogens with two attached hydrogens (primary N) is 1. The molecule has 0 aliphatic heterocycles. The molecule has 8 heteroatoms. The molecule has 0 saturated heterocycles. The molecule has 2 aromatic heterocycles. The predicted octanol–water partition coefficient (Wildman–Crippen LogP) is 2.59. The average Bonchev–Trinajstić information content (AvgIpc) is 3.03. The Kier molecular flexibility index (Phi) is 2.31. The molecule has 0 unspecified atom stereocenters. The Balaban J connectivity index is 1.88. The first-order valence-electron chi connectivity index (χ1n) is 6.10. The molecular formula is C12H9F2N5S. The van der Waals surface area contributed by atoms with Crippen molar-refractivity contribution >= 4 is 22.0 Å². The van der Waals surface area contributed by atoms with Gasteiger partial charge in [0.25, 0.3) is 0 Å². The molecule has 102 valence electrons. The number of aromatic nitrogens is 4. The Labute approximate surface area is 116 Å². The van der Waals surface area contributed by atoms with Gasteiger partial charge in [-0.2, -0.15) is 9.61 Å². The van der Waals surface area contributed by atoms with Crippen LogP contribution in [0.3, 0.4) is 0 Å². The Morgan fingerprint density at radius 3 is 2.70 bits per heavy atom. The van der Waals surface area contributed by atoms with Gasteiger partial charge >= 0.3 is 0 Å². The Bertz CT molecular complexity index is 821. The summed E-state index contributed by atoms with van der Waals surface area (Å²) in [4.78, 5) is 0.631. The van der Waals surface area contributed by atoms with Crippen LogP contribution in [-0.2, 0) is 0 Å². The quantitative estimate of drug-likeness (QED) is 0.737. The lowest BCUT2D eigenvalue weighted by Gasteiger charge is -2.02. The average molecular weight is 293 g/mol. The van der Waals surface area contributed by atoms with E-state index in [1.807, 2.05) is 0 Å². The predicted molar refractivity (Wildman–Crippen MR) is 70.4 cm³/mol. The minimum Gasteiger partial charge on any atom is -0.398 e. The number of rotatable bonds is 2. The number of halogens is 2. The van der Waals surface area contributed by atoms with E-state index in [0.717, 1.165) is 30.8 Å². The highest BCUT2D eigenvalue weighted by molar-refractivity contribution is 7.19. The Morgan fingerprint density at radius 2 is 1.95 bits per heavy atom. The van der Waals surface area contributed by atoms with Gasteiger partial charge < -0.3 is 5.73 Å². The van der Waals surface area contributed by atoms with E-state index in [1.54, 1.807) is 4.52 Å². The topological polar surface area (TPSA) is 69.1 Å². The largest absolute Gasteiger partial charge is 0.398 e. The highest BCUT2D eigenvalue weighted by atomic mass is 32.1. The normalized spacial score (nSPS) is 15.1. The molecule has 0 spiro atoms. The fourth-order valence-corrected chi connectivity index (χ4v) is 2.97. The molecule has 1 aliphatic carbocycles. The number of benzene rings is 1. The second-order valence-electron chi connectivity index (χ2n) is 4.79. The third-order valence-corrected chi connectivity index (χ3v) is 4.21. The van der Waals surface area contributed by atoms with Crippen LogP contribution in [0.15, 0.2) is 12.1 Å². The first-order chi connectivity index (χ1) is 9.63. The van der Waals surface area contributed by atoms with Crippen LogP contribution in [0.2, 0.25) is 0 Å². The van der Waals surface area contributed by atoms with Crippen molar-refractivity contribution in [3.8, 4) is 10.6 Å². The van der Waals surface area contributed by atoms with Crippen molar-refractivity contribution in [1.82, 2.24) is 19.8 Å². The fraction of sp³-hybridized carbons (Fsp3) is 0.250. The fourth-order valence-electron chi connectivity index (χ4n) is 2.08. The molecule has 5 nitrogen and oxygen atoms in total. The highest BCUT2D eigenvalue weighted by Crippen LogP contribution is 2.40. The van der Waals surface area contributed by atoms with E-state index >= 15 is 0 Å². The van der Waals surface area contributed by atoms with E-state index in [4.69, 9.17) is 5.73 Å². The second-order valence-corrected chi connectivity index (χ2v) is 5.74. The number of hydrogen-bond donors (Lipinski definition) is 1. The maximum atomic E-state index is 13.4. The zero-order valence-corrected chi connectivity index (χ0v) is 11.0. The summed E-state index contributed by atoms with van der Waals surface area (Å²) in [6.07, 6.45) is 2.17. The summed E-state index contributed by atoms with van der Waals surface area (Å²) in [6, 6.07) is 2.03. The molecular weight excluding hydrogens is 284 g/mol. The highest BCUT2D eigenvalue weighted by Gasteiger charge is 2.30. The van der Waals surface area contributed by atoms with Gasteiger partial charge in [0.2, 0.25) is 4.96 Å². The molecule has 1 fully saturated rings. The molecule has 0 bridgehead atoms. The molecule has 4 rings (SSSR count). The molecule has 2 N–H and O–H groups in total. The Hall–Kier alpha value is -2.09. The molecule has 0 amide bonds. The minimum absolute atomic E-state index is 0.154. The van der Waals surface area contributed by atoms with Crippen molar-refractivity contribution in [3.05, 3.63) is 29.6 Å². The van der Waals surface area contributed by atoms with Crippen molar-refractivity contribution in [3.63, 3.8) is 0 Å².